The van der Waals surface area contributed by atoms with Crippen LogP contribution in [0.2, 0.25) is 0 Å². The number of esters is 1. The molecule has 0 radical (unpaired) electrons. The molecule has 1 amide bonds. The summed E-state index contributed by atoms with van der Waals surface area (Å²) in [5.41, 5.74) is 3.37. The van der Waals surface area contributed by atoms with Crippen molar-refractivity contribution in [3.8, 4) is 5.13 Å². The van der Waals surface area contributed by atoms with Crippen molar-refractivity contribution in [2.24, 2.45) is 0 Å². The minimum atomic E-state index is -0.550. The highest BCUT2D eigenvalue weighted by atomic mass is 32.1. The number of rotatable bonds is 4. The third-order valence-electron chi connectivity index (χ3n) is 5.18. The van der Waals surface area contributed by atoms with Gasteiger partial charge in [0.25, 0.3) is 5.91 Å². The lowest BCUT2D eigenvalue weighted by atomic mass is 10.1. The highest BCUT2D eigenvalue weighted by molar-refractivity contribution is 7.20. The summed E-state index contributed by atoms with van der Waals surface area (Å²) in [6.45, 7) is 0. The lowest BCUT2D eigenvalue weighted by Crippen LogP contribution is -2.19. The summed E-state index contributed by atoms with van der Waals surface area (Å²) in [6.07, 6.45) is 2.71. The average Bonchev–Trinajstić information content (AvgIpc) is 3.48. The van der Waals surface area contributed by atoms with Crippen molar-refractivity contribution in [3.63, 3.8) is 0 Å². The lowest BCUT2D eigenvalue weighted by molar-refractivity contribution is 0.0597. The van der Waals surface area contributed by atoms with Gasteiger partial charge in [-0.05, 0) is 43.5 Å². The second kappa shape index (κ2) is 7.38. The monoisotopic (exact) mass is 418 g/mol. The number of methoxy groups -OCH3 is 1. The Hall–Kier alpha value is -3.52. The van der Waals surface area contributed by atoms with Crippen LogP contribution in [-0.4, -0.2) is 33.8 Å². The number of hydrogen-bond acceptors (Lipinski definition) is 6. The van der Waals surface area contributed by atoms with Gasteiger partial charge in [-0.25, -0.2) is 9.78 Å². The Morgan fingerprint density at radius 2 is 1.83 bits per heavy atom. The van der Waals surface area contributed by atoms with E-state index in [1.807, 2.05) is 24.3 Å². The summed E-state index contributed by atoms with van der Waals surface area (Å²) in [4.78, 5) is 29.9. The zero-order chi connectivity index (χ0) is 20.7. The van der Waals surface area contributed by atoms with Crippen molar-refractivity contribution in [2.45, 2.75) is 19.3 Å². The number of nitrogens with one attached hydrogen (secondary N) is 1. The second-order valence-corrected chi connectivity index (χ2v) is 8.00. The number of aryl methyl sites for hydroxylation is 1. The zero-order valence-corrected chi connectivity index (χ0v) is 17.0. The largest absolute Gasteiger partial charge is 0.465 e. The first kappa shape index (κ1) is 18.5. The first-order chi connectivity index (χ1) is 14.7. The average molecular weight is 418 g/mol. The van der Waals surface area contributed by atoms with E-state index < -0.39 is 5.97 Å². The topological polar surface area (TPSA) is 86.1 Å². The van der Waals surface area contributed by atoms with Crippen LogP contribution in [0, 0.1) is 0 Å². The number of anilines is 1. The summed E-state index contributed by atoms with van der Waals surface area (Å²) in [7, 11) is 1.30. The number of amides is 1. The second-order valence-electron chi connectivity index (χ2n) is 6.99. The summed E-state index contributed by atoms with van der Waals surface area (Å²) in [6, 6.07) is 14.5. The summed E-state index contributed by atoms with van der Waals surface area (Å²) in [5, 5.41) is 8.42. The molecule has 2 aromatic carbocycles. The Bertz CT molecular complexity index is 1260. The normalized spacial score (nSPS) is 12.7. The first-order valence-corrected chi connectivity index (χ1v) is 10.4. The minimum absolute atomic E-state index is 0.222. The number of carbonyl (C=O) groups is 2. The number of carbonyl (C=O) groups excluding carboxylic acids is 2. The van der Waals surface area contributed by atoms with Crippen LogP contribution in [0.25, 0.3) is 15.3 Å². The maximum absolute atomic E-state index is 13.1. The maximum Gasteiger partial charge on any atom is 0.338 e. The molecule has 0 atom stereocenters. The molecule has 2 aromatic heterocycles. The number of benzene rings is 2. The van der Waals surface area contributed by atoms with Gasteiger partial charge in [0.05, 0.1) is 34.1 Å². The van der Waals surface area contributed by atoms with E-state index in [2.05, 4.69) is 10.3 Å². The Morgan fingerprint density at radius 3 is 2.63 bits per heavy atom. The minimum Gasteiger partial charge on any atom is -0.465 e. The predicted octanol–water partition coefficient (Wildman–Crippen LogP) is 4.01. The van der Waals surface area contributed by atoms with Gasteiger partial charge in [0, 0.05) is 5.56 Å². The van der Waals surface area contributed by atoms with Crippen molar-refractivity contribution >= 4 is 39.2 Å². The van der Waals surface area contributed by atoms with Gasteiger partial charge >= 0.3 is 5.97 Å². The molecule has 0 fully saturated rings. The number of fused-ring (bicyclic) bond motifs is 2. The molecular formula is C22H18N4O3S. The summed E-state index contributed by atoms with van der Waals surface area (Å²) >= 11 is 1.52. The molecule has 0 spiro atoms. The molecule has 0 bridgehead atoms. The van der Waals surface area contributed by atoms with Crippen LogP contribution in [0.15, 0.2) is 48.5 Å². The SMILES string of the molecule is COC(=O)c1ccccc1C(=O)Nc1c2c(nn1-c1nc3ccccc3s1)CCC2. The van der Waals surface area contributed by atoms with Crippen molar-refractivity contribution < 1.29 is 14.3 Å². The molecule has 4 aromatic rings. The molecule has 1 aliphatic rings. The standard InChI is InChI=1S/C22H18N4O3S/c1-29-21(28)14-8-3-2-7-13(14)20(27)24-19-15-9-6-11-16(15)25-26(19)22-23-17-10-4-5-12-18(17)30-22/h2-5,7-8,10,12H,6,9,11H2,1H3,(H,24,27). The number of ether oxygens (including phenoxy) is 1. The Labute approximate surface area is 176 Å². The van der Waals surface area contributed by atoms with E-state index in [1.165, 1.54) is 18.4 Å². The van der Waals surface area contributed by atoms with Gasteiger partial charge in [0.2, 0.25) is 5.13 Å². The first-order valence-electron chi connectivity index (χ1n) is 9.61. The molecule has 0 aliphatic heterocycles. The Balaban J connectivity index is 1.57. The molecule has 1 N–H and O–H groups in total. The quantitative estimate of drug-likeness (QED) is 0.506. The van der Waals surface area contributed by atoms with E-state index in [0.29, 0.717) is 10.9 Å². The van der Waals surface area contributed by atoms with Crippen LogP contribution in [0.5, 0.6) is 0 Å². The van der Waals surface area contributed by atoms with E-state index in [4.69, 9.17) is 9.84 Å². The molecule has 1 aliphatic carbocycles. The van der Waals surface area contributed by atoms with Crippen LogP contribution in [-0.2, 0) is 17.6 Å². The van der Waals surface area contributed by atoms with Crippen LogP contribution in [0.4, 0.5) is 5.82 Å². The molecule has 0 unspecified atom stereocenters. The number of nitrogens with zero attached hydrogens (tertiary/aromatic N) is 3. The van der Waals surface area contributed by atoms with Crippen molar-refractivity contribution in [1.82, 2.24) is 14.8 Å². The summed E-state index contributed by atoms with van der Waals surface area (Å²) < 4.78 is 7.59. The van der Waals surface area contributed by atoms with Gasteiger partial charge in [-0.2, -0.15) is 9.78 Å². The molecule has 2 heterocycles. The maximum atomic E-state index is 13.1. The molecular weight excluding hydrogens is 400 g/mol. The molecule has 30 heavy (non-hydrogen) atoms. The smallest absolute Gasteiger partial charge is 0.338 e. The number of aromatic nitrogens is 3. The van der Waals surface area contributed by atoms with E-state index >= 15 is 0 Å². The van der Waals surface area contributed by atoms with E-state index in [9.17, 15) is 9.59 Å². The van der Waals surface area contributed by atoms with E-state index in [0.717, 1.165) is 40.7 Å². The molecule has 7 nitrogen and oxygen atoms in total. The molecule has 0 saturated carbocycles. The predicted molar refractivity (Wildman–Crippen MR) is 115 cm³/mol. The zero-order valence-electron chi connectivity index (χ0n) is 16.2. The van der Waals surface area contributed by atoms with Crippen molar-refractivity contribution in [1.29, 1.82) is 0 Å². The molecule has 0 saturated heterocycles. The van der Waals surface area contributed by atoms with Crippen molar-refractivity contribution in [2.75, 3.05) is 12.4 Å². The fourth-order valence-electron chi connectivity index (χ4n) is 3.75. The fraction of sp³-hybridized carbons (Fsp3) is 0.182. The molecule has 5 rings (SSSR count). The number of hydrogen-bond donors (Lipinski definition) is 1. The summed E-state index contributed by atoms with van der Waals surface area (Å²) in [5.74, 6) is -0.315. The third-order valence-corrected chi connectivity index (χ3v) is 6.19. The van der Waals surface area contributed by atoms with Crippen LogP contribution in [0.1, 0.15) is 38.4 Å². The van der Waals surface area contributed by atoms with Crippen molar-refractivity contribution in [3.05, 3.63) is 70.9 Å². The molecule has 8 heteroatoms. The number of thiazole rings is 1. The van der Waals surface area contributed by atoms with Crippen LogP contribution >= 0.6 is 11.3 Å². The number of para-hydroxylation sites is 1. The Kier molecular flexibility index (Phi) is 4.55. The lowest BCUT2D eigenvalue weighted by Gasteiger charge is -2.11. The van der Waals surface area contributed by atoms with Gasteiger partial charge in [-0.15, -0.1) is 0 Å². The molecule has 150 valence electrons. The highest BCUT2D eigenvalue weighted by Crippen LogP contribution is 2.34. The van der Waals surface area contributed by atoms with E-state index in [1.54, 1.807) is 28.9 Å². The van der Waals surface area contributed by atoms with E-state index in [-0.39, 0.29) is 17.0 Å². The highest BCUT2D eigenvalue weighted by Gasteiger charge is 2.27. The Morgan fingerprint density at radius 1 is 1.07 bits per heavy atom. The van der Waals surface area contributed by atoms with Gasteiger partial charge in [0.15, 0.2) is 0 Å². The van der Waals surface area contributed by atoms with Gasteiger partial charge in [-0.1, -0.05) is 35.6 Å². The van der Waals surface area contributed by atoms with Gasteiger partial charge in [-0.3, -0.25) is 4.79 Å². The van der Waals surface area contributed by atoms with Crippen LogP contribution < -0.4 is 5.32 Å². The van der Waals surface area contributed by atoms with Gasteiger partial charge in [0.1, 0.15) is 5.82 Å². The van der Waals surface area contributed by atoms with Gasteiger partial charge < -0.3 is 10.1 Å². The van der Waals surface area contributed by atoms with Crippen LogP contribution in [0.3, 0.4) is 0 Å². The third kappa shape index (κ3) is 3.05. The fourth-order valence-corrected chi connectivity index (χ4v) is 4.68.